The van der Waals surface area contributed by atoms with Gasteiger partial charge in [0.15, 0.2) is 5.43 Å². The molecule has 154 valence electrons. The van der Waals surface area contributed by atoms with Crippen molar-refractivity contribution in [2.75, 3.05) is 11.2 Å². The van der Waals surface area contributed by atoms with Crippen molar-refractivity contribution in [2.24, 2.45) is 0 Å². The van der Waals surface area contributed by atoms with E-state index >= 15 is 0 Å². The van der Waals surface area contributed by atoms with E-state index in [-0.39, 0.29) is 22.3 Å². The molecule has 1 amide bonds. The van der Waals surface area contributed by atoms with Crippen LogP contribution in [0.25, 0.3) is 11.0 Å². The molecule has 0 N–H and O–H groups in total. The van der Waals surface area contributed by atoms with Crippen molar-refractivity contribution < 1.29 is 13.6 Å². The SMILES string of the molecule is CSc1ccc(C2c3c(oc4ccc(F)cc4c3=O)C(=O)N2c2cc(C)ccn2)cc1. The number of nitrogens with zero attached hydrogens (tertiary/aromatic N) is 2. The summed E-state index contributed by atoms with van der Waals surface area (Å²) < 4.78 is 19.7. The molecule has 2 aromatic carbocycles. The van der Waals surface area contributed by atoms with E-state index < -0.39 is 23.2 Å². The lowest BCUT2D eigenvalue weighted by Gasteiger charge is -2.24. The number of hydrogen-bond donors (Lipinski definition) is 0. The normalized spacial score (nSPS) is 15.5. The van der Waals surface area contributed by atoms with E-state index in [1.165, 1.54) is 17.0 Å². The zero-order valence-electron chi connectivity index (χ0n) is 16.8. The molecule has 0 fully saturated rings. The summed E-state index contributed by atoms with van der Waals surface area (Å²) in [6, 6.07) is 14.3. The molecule has 0 saturated carbocycles. The van der Waals surface area contributed by atoms with Crippen LogP contribution in [0.4, 0.5) is 10.2 Å². The Balaban J connectivity index is 1.80. The van der Waals surface area contributed by atoms with Crippen LogP contribution in [0.3, 0.4) is 0 Å². The summed E-state index contributed by atoms with van der Waals surface area (Å²) in [6.07, 6.45) is 3.59. The van der Waals surface area contributed by atoms with Gasteiger partial charge in [0.2, 0.25) is 5.76 Å². The van der Waals surface area contributed by atoms with E-state index in [0.717, 1.165) is 22.1 Å². The third-order valence-electron chi connectivity index (χ3n) is 5.41. The lowest BCUT2D eigenvalue weighted by molar-refractivity contribution is 0.0970. The average Bonchev–Trinajstić information content (AvgIpc) is 3.07. The van der Waals surface area contributed by atoms with Crippen molar-refractivity contribution in [1.82, 2.24) is 4.98 Å². The van der Waals surface area contributed by atoms with E-state index in [1.807, 2.05) is 43.5 Å². The Morgan fingerprint density at radius 3 is 2.55 bits per heavy atom. The van der Waals surface area contributed by atoms with E-state index in [9.17, 15) is 14.0 Å². The van der Waals surface area contributed by atoms with Gasteiger partial charge in [-0.3, -0.25) is 14.5 Å². The number of carbonyl (C=O) groups excluding carboxylic acids is 1. The van der Waals surface area contributed by atoms with Gasteiger partial charge in [-0.1, -0.05) is 12.1 Å². The Bertz CT molecular complexity index is 1400. The average molecular weight is 432 g/mol. The zero-order chi connectivity index (χ0) is 21.7. The van der Waals surface area contributed by atoms with Crippen LogP contribution in [0.2, 0.25) is 0 Å². The van der Waals surface area contributed by atoms with Crippen LogP contribution >= 0.6 is 11.8 Å². The lowest BCUT2D eigenvalue weighted by Crippen LogP contribution is -2.30. The van der Waals surface area contributed by atoms with Crippen LogP contribution in [-0.2, 0) is 0 Å². The highest BCUT2D eigenvalue weighted by Gasteiger charge is 2.44. The molecule has 1 atom stereocenters. The molecule has 1 aliphatic heterocycles. The van der Waals surface area contributed by atoms with Crippen LogP contribution in [0.15, 0.2) is 74.9 Å². The molecule has 0 aliphatic carbocycles. The Hall–Kier alpha value is -3.45. The fourth-order valence-electron chi connectivity index (χ4n) is 3.93. The van der Waals surface area contributed by atoms with Crippen molar-refractivity contribution in [3.8, 4) is 0 Å². The van der Waals surface area contributed by atoms with Gasteiger partial charge in [-0.25, -0.2) is 9.37 Å². The van der Waals surface area contributed by atoms with Gasteiger partial charge in [0.05, 0.1) is 17.0 Å². The quantitative estimate of drug-likeness (QED) is 0.421. The topological polar surface area (TPSA) is 63.4 Å². The Labute approximate surface area is 181 Å². The first-order chi connectivity index (χ1) is 15.0. The summed E-state index contributed by atoms with van der Waals surface area (Å²) in [7, 11) is 0. The summed E-state index contributed by atoms with van der Waals surface area (Å²) in [5.74, 6) is -0.603. The number of thioether (sulfide) groups is 1. The van der Waals surface area contributed by atoms with Crippen LogP contribution in [-0.4, -0.2) is 17.1 Å². The Morgan fingerprint density at radius 2 is 1.84 bits per heavy atom. The number of carbonyl (C=O) groups is 1. The van der Waals surface area contributed by atoms with Crippen LogP contribution in [0.1, 0.15) is 33.3 Å². The number of benzene rings is 2. The highest BCUT2D eigenvalue weighted by atomic mass is 32.2. The standard InChI is InChI=1S/C24H17FN2O3S/c1-13-9-10-26-19(11-13)27-21(14-3-6-16(31-2)7-4-14)20-22(28)17-12-15(25)5-8-18(17)30-23(20)24(27)29/h3-12,21H,1-2H3. The van der Waals surface area contributed by atoms with E-state index in [1.54, 1.807) is 24.0 Å². The minimum absolute atomic E-state index is 0.0358. The van der Waals surface area contributed by atoms with Gasteiger partial charge in [0.1, 0.15) is 17.2 Å². The van der Waals surface area contributed by atoms with Crippen molar-refractivity contribution in [3.05, 3.63) is 99.3 Å². The maximum absolute atomic E-state index is 13.9. The maximum atomic E-state index is 13.9. The Kier molecular flexibility index (Phi) is 4.63. The third-order valence-corrected chi connectivity index (χ3v) is 6.16. The number of anilines is 1. The number of aryl methyl sites for hydroxylation is 1. The molecule has 2 aromatic heterocycles. The van der Waals surface area contributed by atoms with Crippen LogP contribution in [0.5, 0.6) is 0 Å². The highest BCUT2D eigenvalue weighted by Crippen LogP contribution is 2.41. The van der Waals surface area contributed by atoms with Crippen molar-refractivity contribution in [3.63, 3.8) is 0 Å². The second-order valence-electron chi connectivity index (χ2n) is 7.36. The molecule has 5 nitrogen and oxygen atoms in total. The summed E-state index contributed by atoms with van der Waals surface area (Å²) >= 11 is 1.60. The first kappa shape index (κ1) is 19.5. The molecule has 5 rings (SSSR count). The van der Waals surface area contributed by atoms with E-state index in [2.05, 4.69) is 4.98 Å². The van der Waals surface area contributed by atoms with Crippen LogP contribution < -0.4 is 10.3 Å². The molecule has 0 radical (unpaired) electrons. The molecular formula is C24H17FN2O3S. The monoisotopic (exact) mass is 432 g/mol. The number of amides is 1. The first-order valence-corrected chi connectivity index (χ1v) is 10.9. The number of halogens is 1. The Morgan fingerprint density at radius 1 is 1.06 bits per heavy atom. The van der Waals surface area contributed by atoms with Gasteiger partial charge in [0.25, 0.3) is 5.91 Å². The second-order valence-corrected chi connectivity index (χ2v) is 8.24. The maximum Gasteiger partial charge on any atom is 0.296 e. The molecule has 0 saturated heterocycles. The van der Waals surface area contributed by atoms with Crippen molar-refractivity contribution in [2.45, 2.75) is 17.9 Å². The minimum Gasteiger partial charge on any atom is -0.450 e. The van der Waals surface area contributed by atoms with Gasteiger partial charge in [0, 0.05) is 11.1 Å². The number of aromatic nitrogens is 1. The smallest absolute Gasteiger partial charge is 0.296 e. The van der Waals surface area contributed by atoms with Crippen LogP contribution in [0, 0.1) is 12.7 Å². The fraction of sp³-hybridized carbons (Fsp3) is 0.125. The molecule has 31 heavy (non-hydrogen) atoms. The molecule has 7 heteroatoms. The molecule has 0 spiro atoms. The van der Waals surface area contributed by atoms with Gasteiger partial charge in [-0.05, 0) is 66.8 Å². The summed E-state index contributed by atoms with van der Waals surface area (Å²) in [6.45, 7) is 1.90. The highest BCUT2D eigenvalue weighted by molar-refractivity contribution is 7.98. The molecule has 0 bridgehead atoms. The number of pyridine rings is 1. The summed E-state index contributed by atoms with van der Waals surface area (Å²) in [5, 5.41) is 0.108. The predicted octanol–water partition coefficient (Wildman–Crippen LogP) is 5.11. The number of rotatable bonds is 3. The third kappa shape index (κ3) is 3.13. The summed E-state index contributed by atoms with van der Waals surface area (Å²) in [4.78, 5) is 33.8. The number of fused-ring (bicyclic) bond motifs is 2. The van der Waals surface area contributed by atoms with Gasteiger partial charge in [-0.15, -0.1) is 11.8 Å². The van der Waals surface area contributed by atoms with E-state index in [4.69, 9.17) is 4.42 Å². The van der Waals surface area contributed by atoms with E-state index in [0.29, 0.717) is 5.82 Å². The largest absolute Gasteiger partial charge is 0.450 e. The molecule has 4 aromatic rings. The molecular weight excluding hydrogens is 415 g/mol. The van der Waals surface area contributed by atoms with Crippen molar-refractivity contribution in [1.29, 1.82) is 0 Å². The minimum atomic E-state index is -0.725. The molecule has 3 heterocycles. The van der Waals surface area contributed by atoms with Gasteiger partial charge in [-0.2, -0.15) is 0 Å². The predicted molar refractivity (Wildman–Crippen MR) is 118 cm³/mol. The number of hydrogen-bond acceptors (Lipinski definition) is 5. The zero-order valence-corrected chi connectivity index (χ0v) is 17.6. The fourth-order valence-corrected chi connectivity index (χ4v) is 4.34. The molecule has 1 aliphatic rings. The van der Waals surface area contributed by atoms with Gasteiger partial charge >= 0.3 is 0 Å². The summed E-state index contributed by atoms with van der Waals surface area (Å²) in [5.41, 5.74) is 1.63. The van der Waals surface area contributed by atoms with Crippen molar-refractivity contribution >= 4 is 34.5 Å². The van der Waals surface area contributed by atoms with Gasteiger partial charge < -0.3 is 4.42 Å². The second kappa shape index (κ2) is 7.35. The first-order valence-electron chi connectivity index (χ1n) is 9.64. The molecule has 1 unspecified atom stereocenters. The lowest BCUT2D eigenvalue weighted by atomic mass is 9.98.